The maximum absolute atomic E-state index is 13.4. The maximum Gasteiger partial charge on any atom is 0.194 e. The molecule has 2 aromatic carbocycles. The van der Waals surface area contributed by atoms with Crippen molar-refractivity contribution in [2.45, 2.75) is 28.8 Å². The lowest BCUT2D eigenvalue weighted by atomic mass is 10.1. The van der Waals surface area contributed by atoms with Crippen LogP contribution in [-0.4, -0.2) is 47.3 Å². The Bertz CT molecular complexity index is 1030. The summed E-state index contributed by atoms with van der Waals surface area (Å²) in [7, 11) is 0. The van der Waals surface area contributed by atoms with Gasteiger partial charge in [0.15, 0.2) is 23.7 Å². The molecule has 6 nitrogen and oxygen atoms in total. The average Bonchev–Trinajstić information content (AvgIpc) is 2.76. The van der Waals surface area contributed by atoms with Crippen molar-refractivity contribution >= 4 is 52.3 Å². The standard InChI is InChI=1S/C20H18Cl3F3N2O4S/c21-9-3-11(23)17(4-10(9)22)33-20-15(31-19(30)16(7-29)32-20)6-28-5-14(27)8-1-12(24)18(26)13(25)2-8/h1-5,15-16,19-20,28-30H,6-7,27H2/b14-5-/t15-,16?,19?,20?/m0/s1. The molecule has 180 valence electrons. The summed E-state index contributed by atoms with van der Waals surface area (Å²) in [5, 5.41) is 23.2. The van der Waals surface area contributed by atoms with Gasteiger partial charge in [-0.05, 0) is 24.3 Å². The van der Waals surface area contributed by atoms with Crippen molar-refractivity contribution in [3.8, 4) is 0 Å². The molecule has 2 aromatic rings. The van der Waals surface area contributed by atoms with E-state index in [-0.39, 0.29) is 27.9 Å². The zero-order valence-corrected chi connectivity index (χ0v) is 19.7. The van der Waals surface area contributed by atoms with E-state index in [0.29, 0.717) is 9.92 Å². The predicted octanol–water partition coefficient (Wildman–Crippen LogP) is 4.12. The second kappa shape index (κ2) is 11.4. The Morgan fingerprint density at radius 2 is 1.67 bits per heavy atom. The summed E-state index contributed by atoms with van der Waals surface area (Å²) in [6.45, 7) is -0.472. The minimum absolute atomic E-state index is 0.0265. The number of thioether (sulfide) groups is 1. The number of halogens is 6. The van der Waals surface area contributed by atoms with Crippen molar-refractivity contribution in [1.82, 2.24) is 5.32 Å². The molecule has 0 amide bonds. The summed E-state index contributed by atoms with van der Waals surface area (Å²) in [5.41, 5.74) is 4.91. The van der Waals surface area contributed by atoms with Crippen LogP contribution < -0.4 is 11.1 Å². The highest BCUT2D eigenvalue weighted by atomic mass is 35.5. The Morgan fingerprint density at radius 3 is 2.30 bits per heavy atom. The van der Waals surface area contributed by atoms with Gasteiger partial charge >= 0.3 is 0 Å². The van der Waals surface area contributed by atoms with Crippen molar-refractivity contribution in [2.75, 3.05) is 13.2 Å². The number of aliphatic hydroxyl groups excluding tert-OH is 2. The van der Waals surface area contributed by atoms with Gasteiger partial charge in [0.2, 0.25) is 0 Å². The molecular formula is C20H18Cl3F3N2O4S. The summed E-state index contributed by atoms with van der Waals surface area (Å²) >= 11 is 19.4. The first-order valence-corrected chi connectivity index (χ1v) is 11.4. The van der Waals surface area contributed by atoms with Gasteiger partial charge < -0.3 is 30.7 Å². The summed E-state index contributed by atoms with van der Waals surface area (Å²) in [4.78, 5) is 0.519. The zero-order valence-electron chi connectivity index (χ0n) is 16.6. The van der Waals surface area contributed by atoms with E-state index in [9.17, 15) is 23.4 Å². The number of benzene rings is 2. The SMILES string of the molecule is N/C(=C\NC[C@@H]1OC(O)C(CO)OC1Sc1cc(Cl)c(Cl)cc1Cl)c1cc(F)c(F)c(F)c1. The van der Waals surface area contributed by atoms with Gasteiger partial charge in [-0.1, -0.05) is 46.6 Å². The molecule has 1 heterocycles. The van der Waals surface area contributed by atoms with Crippen molar-refractivity contribution in [2.24, 2.45) is 5.73 Å². The number of nitrogens with two attached hydrogens (primary N) is 1. The maximum atomic E-state index is 13.4. The van der Waals surface area contributed by atoms with Crippen LogP contribution in [0.25, 0.3) is 5.70 Å². The molecule has 0 radical (unpaired) electrons. The molecule has 1 aliphatic rings. The molecule has 0 bridgehead atoms. The topological polar surface area (TPSA) is 97.0 Å². The normalized spacial score (nSPS) is 23.6. The van der Waals surface area contributed by atoms with Gasteiger partial charge in [0.25, 0.3) is 0 Å². The Balaban J connectivity index is 1.75. The molecule has 0 saturated carbocycles. The number of hydrogen-bond acceptors (Lipinski definition) is 7. The number of hydrogen-bond donors (Lipinski definition) is 4. The van der Waals surface area contributed by atoms with E-state index < -0.39 is 48.0 Å². The van der Waals surface area contributed by atoms with Gasteiger partial charge in [-0.25, -0.2) is 13.2 Å². The van der Waals surface area contributed by atoms with Crippen LogP contribution in [0.4, 0.5) is 13.2 Å². The van der Waals surface area contributed by atoms with Crippen LogP contribution >= 0.6 is 46.6 Å². The largest absolute Gasteiger partial charge is 0.397 e. The first kappa shape index (κ1) is 26.2. The zero-order chi connectivity index (χ0) is 24.3. The van der Waals surface area contributed by atoms with E-state index in [1.807, 2.05) is 0 Å². The average molecular weight is 546 g/mol. The third-order valence-corrected chi connectivity index (χ3v) is 6.92. The van der Waals surface area contributed by atoms with Crippen molar-refractivity contribution in [1.29, 1.82) is 0 Å². The fourth-order valence-electron chi connectivity index (χ4n) is 2.85. The molecule has 13 heteroatoms. The molecule has 0 aromatic heterocycles. The monoisotopic (exact) mass is 544 g/mol. The van der Waals surface area contributed by atoms with Gasteiger partial charge in [-0.2, -0.15) is 0 Å². The van der Waals surface area contributed by atoms with Crippen molar-refractivity contribution in [3.05, 3.63) is 68.5 Å². The highest BCUT2D eigenvalue weighted by Crippen LogP contribution is 2.39. The molecule has 0 spiro atoms. The third-order valence-electron chi connectivity index (χ3n) is 4.54. The number of nitrogens with one attached hydrogen (secondary N) is 1. The van der Waals surface area contributed by atoms with Crippen LogP contribution in [0.1, 0.15) is 5.56 Å². The number of aliphatic hydroxyl groups is 2. The third kappa shape index (κ3) is 6.40. The quantitative estimate of drug-likeness (QED) is 0.307. The molecule has 3 rings (SSSR count). The molecule has 5 N–H and O–H groups in total. The molecule has 0 aliphatic carbocycles. The highest BCUT2D eigenvalue weighted by Gasteiger charge is 2.38. The van der Waals surface area contributed by atoms with Gasteiger partial charge in [-0.3, -0.25) is 0 Å². The Hall–Kier alpha value is -1.37. The van der Waals surface area contributed by atoms with Gasteiger partial charge in [0.1, 0.15) is 17.6 Å². The van der Waals surface area contributed by atoms with Crippen LogP contribution in [0, 0.1) is 17.5 Å². The van der Waals surface area contributed by atoms with Crippen LogP contribution in [0.3, 0.4) is 0 Å². The van der Waals surface area contributed by atoms with Crippen molar-refractivity contribution < 1.29 is 32.9 Å². The molecule has 1 aliphatic heterocycles. The van der Waals surface area contributed by atoms with E-state index >= 15 is 0 Å². The van der Waals surface area contributed by atoms with Crippen LogP contribution in [0.15, 0.2) is 35.4 Å². The predicted molar refractivity (Wildman–Crippen MR) is 120 cm³/mol. The molecule has 1 saturated heterocycles. The summed E-state index contributed by atoms with van der Waals surface area (Å²) < 4.78 is 51.3. The Morgan fingerprint density at radius 1 is 1.03 bits per heavy atom. The van der Waals surface area contributed by atoms with Crippen molar-refractivity contribution in [3.63, 3.8) is 0 Å². The molecule has 33 heavy (non-hydrogen) atoms. The minimum Gasteiger partial charge on any atom is -0.397 e. The van der Waals surface area contributed by atoms with E-state index in [2.05, 4.69) is 5.32 Å². The first-order chi connectivity index (χ1) is 15.6. The lowest BCUT2D eigenvalue weighted by Crippen LogP contribution is -2.52. The second-order valence-corrected chi connectivity index (χ2v) is 9.23. The summed E-state index contributed by atoms with van der Waals surface area (Å²) in [6, 6.07) is 4.52. The fraction of sp³-hybridized carbons (Fsp3) is 0.300. The van der Waals surface area contributed by atoms with E-state index in [0.717, 1.165) is 23.9 Å². The minimum atomic E-state index is -1.60. The van der Waals surface area contributed by atoms with Gasteiger partial charge in [-0.15, -0.1) is 0 Å². The van der Waals surface area contributed by atoms with Crippen LogP contribution in [0.2, 0.25) is 15.1 Å². The van der Waals surface area contributed by atoms with E-state index in [1.165, 1.54) is 12.3 Å². The highest BCUT2D eigenvalue weighted by molar-refractivity contribution is 8.00. The molecule has 4 atom stereocenters. The number of ether oxygens (including phenoxy) is 2. The Labute approximate surface area is 206 Å². The van der Waals surface area contributed by atoms with Crippen LogP contribution in [-0.2, 0) is 9.47 Å². The van der Waals surface area contributed by atoms with E-state index in [1.54, 1.807) is 6.07 Å². The molecule has 1 fully saturated rings. The van der Waals surface area contributed by atoms with Gasteiger partial charge in [0, 0.05) is 23.2 Å². The number of rotatable bonds is 7. The summed E-state index contributed by atoms with van der Waals surface area (Å²) in [5.74, 6) is -4.35. The molecule has 3 unspecified atom stereocenters. The van der Waals surface area contributed by atoms with E-state index in [4.69, 9.17) is 50.0 Å². The fourth-order valence-corrected chi connectivity index (χ4v) is 4.71. The first-order valence-electron chi connectivity index (χ1n) is 9.35. The molecular weight excluding hydrogens is 528 g/mol. The van der Waals surface area contributed by atoms with Gasteiger partial charge in [0.05, 0.1) is 27.4 Å². The van der Waals surface area contributed by atoms with Crippen LogP contribution in [0.5, 0.6) is 0 Å². The smallest absolute Gasteiger partial charge is 0.194 e. The lowest BCUT2D eigenvalue weighted by molar-refractivity contribution is -0.270. The second-order valence-electron chi connectivity index (χ2n) is 6.87. The lowest BCUT2D eigenvalue weighted by Gasteiger charge is -2.38. The Kier molecular flexibility index (Phi) is 9.04. The summed E-state index contributed by atoms with van der Waals surface area (Å²) in [6.07, 6.45) is -1.96.